The van der Waals surface area contributed by atoms with Gasteiger partial charge in [0.15, 0.2) is 0 Å². The molecule has 2 aliphatic carbocycles. The summed E-state index contributed by atoms with van der Waals surface area (Å²) in [6, 6.07) is 22.4. The summed E-state index contributed by atoms with van der Waals surface area (Å²) in [6.07, 6.45) is 4.81. The molecule has 236 valence electrons. The number of likely N-dealkylation sites (N-methyl/N-ethyl adjacent to an activating group) is 1. The second kappa shape index (κ2) is 12.3. The summed E-state index contributed by atoms with van der Waals surface area (Å²) in [7, 11) is -0.536. The van der Waals surface area contributed by atoms with E-state index in [-0.39, 0.29) is 27.9 Å². The standard InChI is InChI=1S/C37H57N3O2Si/c1-28-31(27-42-43(35(2,3)4,29-16-11-9-12-17-29)30-18-13-10-14-19-30)37(7)21-15-20-36(5,6)33(37)26-32(28)38-34(41)40-24-22-39(8)23-25-40/h9-14,16-19,28,31-33H,15,20-27H2,1-8H3,(H,38,41)/t28-,31-,32+,33?,37+/m0/s1. The first-order valence-electron chi connectivity index (χ1n) is 16.8. The SMILES string of the molecule is C[C@@H]1[C@H](NC(=O)N2CCN(C)CC2)CC2C(C)(C)CCC[C@]2(C)[C@H]1CO[Si](c1ccccc1)(c1ccccc1)C(C)(C)C. The lowest BCUT2D eigenvalue weighted by Gasteiger charge is -2.61. The van der Waals surface area contributed by atoms with Crippen molar-refractivity contribution in [3.63, 3.8) is 0 Å². The number of hydrogen-bond donors (Lipinski definition) is 1. The van der Waals surface area contributed by atoms with Gasteiger partial charge in [-0.1, -0.05) is 116 Å². The lowest BCUT2D eigenvalue weighted by Crippen LogP contribution is -2.68. The van der Waals surface area contributed by atoms with Crippen LogP contribution < -0.4 is 15.7 Å². The monoisotopic (exact) mass is 603 g/mol. The van der Waals surface area contributed by atoms with Crippen LogP contribution in [-0.4, -0.2) is 70.0 Å². The lowest BCUT2D eigenvalue weighted by molar-refractivity contribution is -0.116. The number of carbonyl (C=O) groups is 1. The molecule has 43 heavy (non-hydrogen) atoms. The van der Waals surface area contributed by atoms with Gasteiger partial charge in [0, 0.05) is 38.8 Å². The molecule has 1 unspecified atom stereocenters. The summed E-state index contributed by atoms with van der Waals surface area (Å²) in [5.74, 6) is 1.21. The second-order valence-corrected chi connectivity index (χ2v) is 20.2. The van der Waals surface area contributed by atoms with Gasteiger partial charge in [-0.3, -0.25) is 0 Å². The number of hydrogen-bond acceptors (Lipinski definition) is 3. The molecular weight excluding hydrogens is 547 g/mol. The summed E-state index contributed by atoms with van der Waals surface area (Å²) < 4.78 is 7.65. The minimum atomic E-state index is -2.68. The van der Waals surface area contributed by atoms with E-state index in [9.17, 15) is 4.79 Å². The molecule has 1 aliphatic heterocycles. The predicted octanol–water partition coefficient (Wildman–Crippen LogP) is 6.38. The first-order chi connectivity index (χ1) is 20.3. The molecule has 2 amide bonds. The van der Waals surface area contributed by atoms with Crippen LogP contribution in [0.1, 0.15) is 74.1 Å². The highest BCUT2D eigenvalue weighted by atomic mass is 28.4. The van der Waals surface area contributed by atoms with Gasteiger partial charge in [0.25, 0.3) is 8.32 Å². The van der Waals surface area contributed by atoms with E-state index >= 15 is 0 Å². The molecule has 2 aromatic carbocycles. The van der Waals surface area contributed by atoms with Gasteiger partial charge in [-0.15, -0.1) is 0 Å². The highest BCUT2D eigenvalue weighted by molar-refractivity contribution is 6.99. The van der Waals surface area contributed by atoms with Crippen molar-refractivity contribution >= 4 is 24.7 Å². The number of nitrogens with one attached hydrogen (secondary N) is 1. The van der Waals surface area contributed by atoms with E-state index < -0.39 is 8.32 Å². The first-order valence-corrected chi connectivity index (χ1v) is 18.7. The number of nitrogens with zero attached hydrogens (tertiary/aromatic N) is 2. The summed E-state index contributed by atoms with van der Waals surface area (Å²) in [6.45, 7) is 21.2. The summed E-state index contributed by atoms with van der Waals surface area (Å²) >= 11 is 0. The maximum absolute atomic E-state index is 13.6. The number of benzene rings is 2. The highest BCUT2D eigenvalue weighted by Gasteiger charge is 2.58. The molecule has 5 nitrogen and oxygen atoms in total. The van der Waals surface area contributed by atoms with Crippen LogP contribution in [0.15, 0.2) is 60.7 Å². The largest absolute Gasteiger partial charge is 0.407 e. The Hall–Kier alpha value is -2.15. The van der Waals surface area contributed by atoms with E-state index in [4.69, 9.17) is 4.43 Å². The van der Waals surface area contributed by atoms with Crippen molar-refractivity contribution in [2.24, 2.45) is 28.6 Å². The average molecular weight is 604 g/mol. The zero-order valence-electron chi connectivity index (χ0n) is 28.2. The van der Waals surface area contributed by atoms with Crippen LogP contribution in [0.25, 0.3) is 0 Å². The Morgan fingerprint density at radius 2 is 1.49 bits per heavy atom. The fraction of sp³-hybridized carbons (Fsp3) is 0.649. The van der Waals surface area contributed by atoms with Crippen molar-refractivity contribution in [1.82, 2.24) is 15.1 Å². The fourth-order valence-corrected chi connectivity index (χ4v) is 13.9. The first kappa shape index (κ1) is 32.2. The zero-order valence-corrected chi connectivity index (χ0v) is 29.2. The van der Waals surface area contributed by atoms with E-state index in [2.05, 4.69) is 126 Å². The van der Waals surface area contributed by atoms with Gasteiger partial charge in [-0.05, 0) is 70.3 Å². The van der Waals surface area contributed by atoms with Crippen LogP contribution in [0.2, 0.25) is 5.04 Å². The molecule has 0 aromatic heterocycles. The van der Waals surface area contributed by atoms with E-state index in [1.54, 1.807) is 0 Å². The molecule has 6 heteroatoms. The third-order valence-electron chi connectivity index (χ3n) is 11.9. The van der Waals surface area contributed by atoms with E-state index in [0.717, 1.165) is 39.2 Å². The van der Waals surface area contributed by atoms with Crippen molar-refractivity contribution in [1.29, 1.82) is 0 Å². The Labute approximate surface area is 262 Å². The molecule has 0 radical (unpaired) electrons. The Morgan fingerprint density at radius 3 is 2.02 bits per heavy atom. The van der Waals surface area contributed by atoms with Gasteiger partial charge in [0.1, 0.15) is 0 Å². The second-order valence-electron chi connectivity index (χ2n) is 15.9. The number of fused-ring (bicyclic) bond motifs is 1. The normalized spacial score (nSPS) is 30.0. The van der Waals surface area contributed by atoms with Crippen molar-refractivity contribution in [3.8, 4) is 0 Å². The van der Waals surface area contributed by atoms with Crippen molar-refractivity contribution < 1.29 is 9.22 Å². The number of urea groups is 1. The maximum Gasteiger partial charge on any atom is 0.317 e. The molecule has 0 bridgehead atoms. The smallest absolute Gasteiger partial charge is 0.317 e. The Bertz CT molecular complexity index is 1180. The third kappa shape index (κ3) is 6.09. The molecular formula is C37H57N3O2Si. The zero-order chi connectivity index (χ0) is 31.0. The topological polar surface area (TPSA) is 44.8 Å². The van der Waals surface area contributed by atoms with Gasteiger partial charge in [-0.2, -0.15) is 0 Å². The molecule has 5 atom stereocenters. The third-order valence-corrected chi connectivity index (χ3v) is 16.9. The van der Waals surface area contributed by atoms with Crippen molar-refractivity contribution in [2.45, 2.75) is 85.2 Å². The van der Waals surface area contributed by atoms with Crippen LogP contribution in [0.5, 0.6) is 0 Å². The number of carbonyl (C=O) groups excluding carboxylic acids is 1. The minimum absolute atomic E-state index is 0.0607. The Kier molecular flexibility index (Phi) is 9.24. The Balaban J connectivity index is 1.50. The quantitative estimate of drug-likeness (QED) is 0.390. The number of piperazine rings is 1. The maximum atomic E-state index is 13.6. The number of rotatable bonds is 6. The summed E-state index contributed by atoms with van der Waals surface area (Å²) in [4.78, 5) is 18.0. The predicted molar refractivity (Wildman–Crippen MR) is 181 cm³/mol. The van der Waals surface area contributed by atoms with E-state index in [0.29, 0.717) is 17.8 Å². The highest BCUT2D eigenvalue weighted by Crippen LogP contribution is 2.61. The van der Waals surface area contributed by atoms with Crippen LogP contribution in [0.3, 0.4) is 0 Å². The average Bonchev–Trinajstić information content (AvgIpc) is 2.96. The van der Waals surface area contributed by atoms with Crippen LogP contribution in [0, 0.1) is 28.6 Å². The summed E-state index contributed by atoms with van der Waals surface area (Å²) in [5, 5.41) is 6.20. The lowest BCUT2D eigenvalue weighted by atomic mass is 9.46. The molecule has 3 aliphatic rings. The number of amides is 2. The molecule has 1 saturated heterocycles. The van der Waals surface area contributed by atoms with Crippen LogP contribution >= 0.6 is 0 Å². The van der Waals surface area contributed by atoms with E-state index in [1.165, 1.54) is 29.6 Å². The van der Waals surface area contributed by atoms with Crippen molar-refractivity contribution in [3.05, 3.63) is 60.7 Å². The Morgan fingerprint density at radius 1 is 0.930 bits per heavy atom. The fourth-order valence-electron chi connectivity index (χ4n) is 9.32. The molecule has 2 saturated carbocycles. The van der Waals surface area contributed by atoms with E-state index in [1.807, 2.05) is 4.90 Å². The molecule has 2 aromatic rings. The molecule has 1 heterocycles. The van der Waals surface area contributed by atoms with Gasteiger partial charge in [0.05, 0.1) is 0 Å². The molecule has 0 spiro atoms. The molecule has 3 fully saturated rings. The van der Waals surface area contributed by atoms with Gasteiger partial charge in [-0.25, -0.2) is 4.79 Å². The summed E-state index contributed by atoms with van der Waals surface area (Å²) in [5.41, 5.74) is 0.404. The molecule has 1 N–H and O–H groups in total. The van der Waals surface area contributed by atoms with Gasteiger partial charge >= 0.3 is 6.03 Å². The van der Waals surface area contributed by atoms with Crippen LogP contribution in [0.4, 0.5) is 4.79 Å². The minimum Gasteiger partial charge on any atom is -0.407 e. The van der Waals surface area contributed by atoms with Gasteiger partial charge in [0.2, 0.25) is 0 Å². The van der Waals surface area contributed by atoms with Gasteiger partial charge < -0.3 is 19.5 Å². The van der Waals surface area contributed by atoms with Crippen molar-refractivity contribution in [2.75, 3.05) is 39.8 Å². The van der Waals surface area contributed by atoms with Crippen LogP contribution in [-0.2, 0) is 4.43 Å². The molecule has 5 rings (SSSR count).